The molecule has 3 aliphatic rings. The van der Waals surface area contributed by atoms with E-state index in [1.54, 1.807) is 33.8 Å². The third kappa shape index (κ3) is 6.09. The van der Waals surface area contributed by atoms with Crippen LogP contribution in [0.2, 0.25) is 0 Å². The van der Waals surface area contributed by atoms with Crippen molar-refractivity contribution in [2.45, 2.75) is 103 Å². The number of carbonyl (C=O) groups excluding carboxylic acids is 1. The largest absolute Gasteiger partial charge is 0.490 e. The standard InChI is InChI=1S/C34H44FN5O5/c1-19-22-9-8-16-44-31(22)24(35)17-23(19)29-28(32(33(42)43)45-34(3,4)5)20(2)37-27-18-25(38-40(27)29)30(41)26-10-6-7-15-39(26)21-11-13-36-14-12-21/h17-18,21,26,32,36H,6-16H2,1-5H3,(H,42,43)/t26?,32-/m0/s1. The molecule has 3 aliphatic heterocycles. The molecule has 3 aromatic rings. The molecular weight excluding hydrogens is 577 g/mol. The Hall–Kier alpha value is -3.41. The van der Waals surface area contributed by atoms with Gasteiger partial charge >= 0.3 is 5.97 Å². The Bertz CT molecular complexity index is 1620. The minimum Gasteiger partial charge on any atom is -0.490 e. The van der Waals surface area contributed by atoms with E-state index in [9.17, 15) is 14.7 Å². The van der Waals surface area contributed by atoms with E-state index in [1.807, 2.05) is 6.92 Å². The maximum Gasteiger partial charge on any atom is 0.337 e. The lowest BCUT2D eigenvalue weighted by Gasteiger charge is -2.41. The highest BCUT2D eigenvalue weighted by Gasteiger charge is 2.38. The van der Waals surface area contributed by atoms with Gasteiger partial charge in [0.2, 0.25) is 0 Å². The predicted molar refractivity (Wildman–Crippen MR) is 167 cm³/mol. The van der Waals surface area contributed by atoms with Crippen molar-refractivity contribution < 1.29 is 28.6 Å². The number of nitrogens with zero attached hydrogens (tertiary/aromatic N) is 4. The molecule has 0 saturated carbocycles. The molecule has 2 saturated heterocycles. The number of ketones is 1. The molecule has 0 radical (unpaired) electrons. The van der Waals surface area contributed by atoms with E-state index in [2.05, 4.69) is 10.2 Å². The summed E-state index contributed by atoms with van der Waals surface area (Å²) in [5, 5.41) is 18.7. The van der Waals surface area contributed by atoms with E-state index in [1.165, 1.54) is 10.6 Å². The Morgan fingerprint density at radius 1 is 1.13 bits per heavy atom. The molecule has 2 aromatic heterocycles. The van der Waals surface area contributed by atoms with Crippen molar-refractivity contribution in [1.82, 2.24) is 24.8 Å². The molecule has 11 heteroatoms. The zero-order chi connectivity index (χ0) is 32.0. The summed E-state index contributed by atoms with van der Waals surface area (Å²) in [6, 6.07) is 3.13. The lowest BCUT2D eigenvalue weighted by atomic mass is 9.91. The molecule has 6 rings (SSSR count). The van der Waals surface area contributed by atoms with E-state index in [0.29, 0.717) is 41.7 Å². The number of carboxylic acid groups (broad SMARTS) is 1. The highest BCUT2D eigenvalue weighted by Crippen LogP contribution is 2.42. The van der Waals surface area contributed by atoms with Gasteiger partial charge < -0.3 is 19.9 Å². The minimum absolute atomic E-state index is 0.0636. The first-order valence-corrected chi connectivity index (χ1v) is 16.2. The number of fused-ring (bicyclic) bond motifs is 2. The average Bonchev–Trinajstić information content (AvgIpc) is 3.44. The number of piperidine rings is 2. The van der Waals surface area contributed by atoms with Gasteiger partial charge in [0.1, 0.15) is 5.69 Å². The Kier molecular flexibility index (Phi) is 8.71. The summed E-state index contributed by atoms with van der Waals surface area (Å²) in [4.78, 5) is 34.1. The number of rotatable bonds is 7. The van der Waals surface area contributed by atoms with Crippen LogP contribution in [0.4, 0.5) is 4.39 Å². The summed E-state index contributed by atoms with van der Waals surface area (Å²) in [5.74, 6) is -1.55. The molecule has 0 aliphatic carbocycles. The highest BCUT2D eigenvalue weighted by atomic mass is 19.1. The predicted octanol–water partition coefficient (Wildman–Crippen LogP) is 5.21. The summed E-state index contributed by atoms with van der Waals surface area (Å²) in [6.45, 7) is 12.2. The molecule has 45 heavy (non-hydrogen) atoms. The van der Waals surface area contributed by atoms with Crippen LogP contribution in [0.5, 0.6) is 5.75 Å². The van der Waals surface area contributed by atoms with Gasteiger partial charge in [0.25, 0.3) is 0 Å². The summed E-state index contributed by atoms with van der Waals surface area (Å²) >= 11 is 0. The zero-order valence-corrected chi connectivity index (χ0v) is 26.9. The first kappa shape index (κ1) is 31.6. The number of hydrogen-bond donors (Lipinski definition) is 2. The number of ether oxygens (including phenoxy) is 2. The van der Waals surface area contributed by atoms with Crippen LogP contribution in [-0.2, 0) is 16.0 Å². The number of carbonyl (C=O) groups is 2. The number of nitrogens with one attached hydrogen (secondary N) is 1. The summed E-state index contributed by atoms with van der Waals surface area (Å²) in [7, 11) is 0. The molecular formula is C34H44FN5O5. The number of aliphatic carboxylic acids is 1. The van der Waals surface area contributed by atoms with Gasteiger partial charge in [-0.25, -0.2) is 18.7 Å². The van der Waals surface area contributed by atoms with Crippen LogP contribution in [0.3, 0.4) is 0 Å². The zero-order valence-electron chi connectivity index (χ0n) is 26.9. The maximum atomic E-state index is 15.7. The summed E-state index contributed by atoms with van der Waals surface area (Å²) < 4.78 is 29.0. The molecule has 242 valence electrons. The fourth-order valence-electron chi connectivity index (χ4n) is 7.30. The lowest BCUT2D eigenvalue weighted by molar-refractivity contribution is -0.160. The quantitative estimate of drug-likeness (QED) is 0.343. The van der Waals surface area contributed by atoms with Gasteiger partial charge in [0.15, 0.2) is 29.1 Å². The van der Waals surface area contributed by atoms with Gasteiger partial charge in [-0.15, -0.1) is 0 Å². The topological polar surface area (TPSA) is 118 Å². The number of likely N-dealkylation sites (tertiary alicyclic amines) is 1. The van der Waals surface area contributed by atoms with Crippen LogP contribution in [0.1, 0.15) is 98.3 Å². The van der Waals surface area contributed by atoms with Crippen molar-refractivity contribution in [3.63, 3.8) is 0 Å². The van der Waals surface area contributed by atoms with Gasteiger partial charge in [0, 0.05) is 34.5 Å². The number of aryl methyl sites for hydroxylation is 1. The van der Waals surface area contributed by atoms with E-state index in [4.69, 9.17) is 19.6 Å². The van der Waals surface area contributed by atoms with E-state index in [0.717, 1.165) is 69.3 Å². The number of Topliss-reactive ketones (excluding diaryl/α,β-unsaturated/α-hetero) is 1. The maximum absolute atomic E-state index is 15.7. The first-order valence-electron chi connectivity index (χ1n) is 16.2. The van der Waals surface area contributed by atoms with Crippen LogP contribution < -0.4 is 10.1 Å². The Labute approximate surface area is 263 Å². The number of carboxylic acids is 1. The molecule has 0 spiro atoms. The molecule has 1 aromatic carbocycles. The monoisotopic (exact) mass is 621 g/mol. The second kappa shape index (κ2) is 12.4. The van der Waals surface area contributed by atoms with E-state index < -0.39 is 23.5 Å². The van der Waals surface area contributed by atoms with Gasteiger partial charge in [-0.1, -0.05) is 6.42 Å². The second-order valence-corrected chi connectivity index (χ2v) is 13.6. The Balaban J connectivity index is 1.54. The van der Waals surface area contributed by atoms with Crippen molar-refractivity contribution in [1.29, 1.82) is 0 Å². The third-order valence-corrected chi connectivity index (χ3v) is 9.36. The molecule has 0 amide bonds. The van der Waals surface area contributed by atoms with Crippen molar-refractivity contribution >= 4 is 17.4 Å². The van der Waals surface area contributed by atoms with E-state index >= 15 is 4.39 Å². The molecule has 0 bridgehead atoms. The first-order chi connectivity index (χ1) is 21.4. The summed E-state index contributed by atoms with van der Waals surface area (Å²) in [5.41, 5.74) is 2.90. The molecule has 5 heterocycles. The van der Waals surface area contributed by atoms with Crippen LogP contribution >= 0.6 is 0 Å². The number of benzene rings is 1. The number of hydrogen-bond acceptors (Lipinski definition) is 8. The lowest BCUT2D eigenvalue weighted by Crippen LogP contribution is -2.53. The molecule has 2 atom stereocenters. The highest BCUT2D eigenvalue weighted by molar-refractivity contribution is 5.99. The molecule has 2 N–H and O–H groups in total. The Morgan fingerprint density at radius 2 is 1.89 bits per heavy atom. The van der Waals surface area contributed by atoms with Crippen molar-refractivity contribution in [3.05, 3.63) is 46.0 Å². The normalized spacial score (nSPS) is 20.5. The van der Waals surface area contributed by atoms with Crippen molar-refractivity contribution in [2.75, 3.05) is 26.2 Å². The molecule has 1 unspecified atom stereocenters. The van der Waals surface area contributed by atoms with Crippen LogP contribution in [-0.4, -0.2) is 80.3 Å². The fraction of sp³-hybridized carbons (Fsp3) is 0.588. The van der Waals surface area contributed by atoms with Crippen molar-refractivity contribution in [2.24, 2.45) is 0 Å². The number of halogens is 1. The molecule has 2 fully saturated rings. The second-order valence-electron chi connectivity index (χ2n) is 13.6. The Morgan fingerprint density at radius 3 is 2.60 bits per heavy atom. The van der Waals surface area contributed by atoms with Gasteiger partial charge in [-0.2, -0.15) is 5.10 Å². The fourth-order valence-corrected chi connectivity index (χ4v) is 7.30. The SMILES string of the molecule is Cc1nc2cc(C(=O)C3CCCCN3C3CCNCC3)nn2c(-c2cc(F)c3c(c2C)CCCO3)c1[C@H](OC(C)(C)C)C(=O)O. The molecule has 10 nitrogen and oxygen atoms in total. The van der Waals surface area contributed by atoms with Gasteiger partial charge in [-0.3, -0.25) is 9.69 Å². The number of aromatic nitrogens is 3. The van der Waals surface area contributed by atoms with Crippen LogP contribution in [0, 0.1) is 19.7 Å². The van der Waals surface area contributed by atoms with Crippen LogP contribution in [0.25, 0.3) is 16.9 Å². The smallest absolute Gasteiger partial charge is 0.337 e. The van der Waals surface area contributed by atoms with Crippen LogP contribution in [0.15, 0.2) is 12.1 Å². The average molecular weight is 622 g/mol. The third-order valence-electron chi connectivity index (χ3n) is 9.36. The summed E-state index contributed by atoms with van der Waals surface area (Å²) in [6.07, 6.45) is 4.75. The van der Waals surface area contributed by atoms with Gasteiger partial charge in [-0.05, 0) is 104 Å². The minimum atomic E-state index is -1.41. The van der Waals surface area contributed by atoms with Crippen molar-refractivity contribution in [3.8, 4) is 17.0 Å². The van der Waals surface area contributed by atoms with E-state index in [-0.39, 0.29) is 28.8 Å². The van der Waals surface area contributed by atoms with Gasteiger partial charge in [0.05, 0.1) is 23.9 Å².